The summed E-state index contributed by atoms with van der Waals surface area (Å²) in [7, 11) is 0. The van der Waals surface area contributed by atoms with Crippen LogP contribution in [-0.4, -0.2) is 35.2 Å². The van der Waals surface area contributed by atoms with Gasteiger partial charge >= 0.3 is 5.97 Å². The van der Waals surface area contributed by atoms with Gasteiger partial charge in [-0.1, -0.05) is 60.2 Å². The fourth-order valence-corrected chi connectivity index (χ4v) is 6.97. The van der Waals surface area contributed by atoms with Crippen LogP contribution in [0.2, 0.25) is 0 Å². The first-order valence-electron chi connectivity index (χ1n) is 14.0. The second-order valence-corrected chi connectivity index (χ2v) is 11.4. The van der Waals surface area contributed by atoms with Gasteiger partial charge in [0.05, 0.1) is 34.3 Å². The number of carbonyl (C=O) groups excluding carboxylic acids is 4. The molecule has 4 atom stereocenters. The first-order valence-corrected chi connectivity index (χ1v) is 14.0. The van der Waals surface area contributed by atoms with Crippen LogP contribution >= 0.6 is 0 Å². The molecule has 0 N–H and O–H groups in total. The number of fused-ring (bicyclic) bond motifs is 6. The van der Waals surface area contributed by atoms with Crippen molar-refractivity contribution in [1.29, 1.82) is 0 Å². The van der Waals surface area contributed by atoms with E-state index in [4.69, 9.17) is 9.72 Å². The smallest absolute Gasteiger partial charge is 0.339 e. The first-order chi connectivity index (χ1) is 19.9. The monoisotopic (exact) mass is 544 g/mol. The maximum atomic E-state index is 13.2. The summed E-state index contributed by atoms with van der Waals surface area (Å²) in [5.41, 5.74) is 4.27. The van der Waals surface area contributed by atoms with Crippen molar-refractivity contribution in [1.82, 2.24) is 4.98 Å². The Balaban J connectivity index is 1.14. The van der Waals surface area contributed by atoms with Crippen LogP contribution in [0.15, 0.2) is 78.9 Å². The number of aryl methyl sites for hydroxylation is 1. The summed E-state index contributed by atoms with van der Waals surface area (Å²) in [6.07, 6.45) is 3.07. The van der Waals surface area contributed by atoms with E-state index in [0.29, 0.717) is 45.2 Å². The fourth-order valence-electron chi connectivity index (χ4n) is 6.97. The average molecular weight is 545 g/mol. The number of para-hydroxylation sites is 1. The van der Waals surface area contributed by atoms with Crippen molar-refractivity contribution in [3.63, 3.8) is 0 Å². The number of ether oxygens (including phenoxy) is 1. The molecule has 0 radical (unpaired) electrons. The lowest BCUT2D eigenvalue weighted by molar-refractivity contribution is -0.123. The summed E-state index contributed by atoms with van der Waals surface area (Å²) in [4.78, 5) is 58.4. The van der Waals surface area contributed by atoms with E-state index in [-0.39, 0.29) is 36.0 Å². The van der Waals surface area contributed by atoms with Crippen LogP contribution < -0.4 is 4.90 Å². The molecule has 2 aliphatic carbocycles. The van der Waals surface area contributed by atoms with E-state index < -0.39 is 5.97 Å². The molecule has 1 aromatic heterocycles. The summed E-state index contributed by atoms with van der Waals surface area (Å²) in [5, 5.41) is 0.620. The van der Waals surface area contributed by atoms with E-state index in [9.17, 15) is 19.2 Å². The van der Waals surface area contributed by atoms with E-state index in [1.807, 2.05) is 49.4 Å². The average Bonchev–Trinajstić information content (AvgIpc) is 3.69. The van der Waals surface area contributed by atoms with Crippen LogP contribution in [0.4, 0.5) is 5.69 Å². The quantitative estimate of drug-likeness (QED) is 0.173. The van der Waals surface area contributed by atoms with Crippen LogP contribution in [0.25, 0.3) is 22.2 Å². The highest BCUT2D eigenvalue weighted by molar-refractivity contribution is 6.22. The summed E-state index contributed by atoms with van der Waals surface area (Å²) >= 11 is 0. The van der Waals surface area contributed by atoms with E-state index >= 15 is 0 Å². The predicted octanol–water partition coefficient (Wildman–Crippen LogP) is 5.79. The highest BCUT2D eigenvalue weighted by Crippen LogP contribution is 2.56. The highest BCUT2D eigenvalue weighted by atomic mass is 16.5. The van der Waals surface area contributed by atoms with Gasteiger partial charge in [-0.15, -0.1) is 0 Å². The lowest BCUT2D eigenvalue weighted by atomic mass is 9.81. The van der Waals surface area contributed by atoms with Crippen molar-refractivity contribution < 1.29 is 23.9 Å². The maximum Gasteiger partial charge on any atom is 0.339 e. The standard InChI is InChI=1S/C34H28N2O5/c1-19-6-8-21(9-7-19)29(37)18-41-34(40)26-17-28(35-27-5-3-2-4-25(26)27)20-12-14-24(15-13-20)36-32(38)30-22-10-11-23(16-22)31(30)33(36)39/h2-9,12-15,17,22-23,30-31H,10-11,16,18H2,1H3/t22-,23-,30-,31+/m0/s1. The molecule has 2 saturated carbocycles. The molecule has 41 heavy (non-hydrogen) atoms. The van der Waals surface area contributed by atoms with Gasteiger partial charge in [0.15, 0.2) is 12.4 Å². The molecule has 1 aliphatic heterocycles. The number of imide groups is 1. The zero-order valence-electron chi connectivity index (χ0n) is 22.6. The Hall–Kier alpha value is -4.65. The molecule has 204 valence electrons. The summed E-state index contributed by atoms with van der Waals surface area (Å²) in [5.74, 6) is -0.727. The molecule has 2 heterocycles. The van der Waals surface area contributed by atoms with Gasteiger partial charge in [-0.05, 0) is 62.3 Å². The highest BCUT2D eigenvalue weighted by Gasteiger charge is 2.61. The van der Waals surface area contributed by atoms with E-state index in [1.54, 1.807) is 36.4 Å². The molecule has 2 bridgehead atoms. The van der Waals surface area contributed by atoms with Gasteiger partial charge in [-0.3, -0.25) is 19.3 Å². The number of rotatable bonds is 6. The molecular formula is C34H28N2O5. The van der Waals surface area contributed by atoms with E-state index in [2.05, 4.69) is 0 Å². The number of anilines is 1. The Bertz CT molecular complexity index is 1700. The second kappa shape index (κ2) is 9.77. The number of pyridine rings is 1. The normalized spacial score (nSPS) is 22.8. The van der Waals surface area contributed by atoms with Crippen molar-refractivity contribution >= 4 is 40.2 Å². The zero-order chi connectivity index (χ0) is 28.2. The van der Waals surface area contributed by atoms with E-state index in [0.717, 1.165) is 30.4 Å². The number of ketones is 1. The fraction of sp³-hybridized carbons (Fsp3) is 0.265. The molecule has 0 unspecified atom stereocenters. The lowest BCUT2D eigenvalue weighted by Crippen LogP contribution is -2.32. The Morgan fingerprint density at radius 2 is 1.54 bits per heavy atom. The third kappa shape index (κ3) is 4.24. The molecule has 3 fully saturated rings. The molecule has 1 saturated heterocycles. The summed E-state index contributed by atoms with van der Waals surface area (Å²) < 4.78 is 5.44. The number of carbonyl (C=O) groups is 4. The molecule has 7 heteroatoms. The zero-order valence-corrected chi connectivity index (χ0v) is 22.6. The van der Waals surface area contributed by atoms with Crippen LogP contribution in [0.5, 0.6) is 0 Å². The Labute approximate surface area is 237 Å². The van der Waals surface area contributed by atoms with Gasteiger partial charge in [0.1, 0.15) is 0 Å². The largest absolute Gasteiger partial charge is 0.454 e. The molecule has 0 spiro atoms. The van der Waals surface area contributed by atoms with Gasteiger partial charge in [0.25, 0.3) is 0 Å². The van der Waals surface area contributed by atoms with Crippen molar-refractivity contribution in [2.75, 3.05) is 11.5 Å². The number of esters is 1. The third-order valence-electron chi connectivity index (χ3n) is 8.99. The van der Waals surface area contributed by atoms with Crippen molar-refractivity contribution in [3.8, 4) is 11.3 Å². The summed E-state index contributed by atoms with van der Waals surface area (Å²) in [6.45, 7) is 1.57. The summed E-state index contributed by atoms with van der Waals surface area (Å²) in [6, 6.07) is 23.2. The predicted molar refractivity (Wildman–Crippen MR) is 153 cm³/mol. The number of aromatic nitrogens is 1. The SMILES string of the molecule is Cc1ccc(C(=O)COC(=O)c2cc(-c3ccc(N4C(=O)[C@@H]5[C@H]6CC[C@@H](C6)[C@@H]5C4=O)cc3)nc3ccccc23)cc1. The molecule has 3 aliphatic rings. The van der Waals surface area contributed by atoms with Crippen molar-refractivity contribution in [2.24, 2.45) is 23.7 Å². The van der Waals surface area contributed by atoms with Gasteiger partial charge in [0, 0.05) is 16.5 Å². The van der Waals surface area contributed by atoms with Gasteiger partial charge in [-0.25, -0.2) is 9.78 Å². The minimum absolute atomic E-state index is 0.0750. The van der Waals surface area contributed by atoms with Crippen LogP contribution in [-0.2, 0) is 14.3 Å². The number of benzene rings is 3. The van der Waals surface area contributed by atoms with Gasteiger partial charge in [-0.2, -0.15) is 0 Å². The topological polar surface area (TPSA) is 93.6 Å². The molecule has 4 aromatic rings. The number of hydrogen-bond acceptors (Lipinski definition) is 6. The first kappa shape index (κ1) is 25.3. The second-order valence-electron chi connectivity index (χ2n) is 11.4. The molecule has 2 amide bonds. The number of amides is 2. The molecule has 3 aromatic carbocycles. The van der Waals surface area contributed by atoms with Crippen molar-refractivity contribution in [3.05, 3.63) is 95.6 Å². The Kier molecular flexibility index (Phi) is 6.03. The van der Waals surface area contributed by atoms with Gasteiger partial charge < -0.3 is 4.74 Å². The molecule has 7 nitrogen and oxygen atoms in total. The molecule has 7 rings (SSSR count). The Morgan fingerprint density at radius 1 is 0.878 bits per heavy atom. The maximum absolute atomic E-state index is 13.2. The van der Waals surface area contributed by atoms with E-state index in [1.165, 1.54) is 4.90 Å². The van der Waals surface area contributed by atoms with Crippen molar-refractivity contribution in [2.45, 2.75) is 26.2 Å². The number of nitrogens with zero attached hydrogens (tertiary/aromatic N) is 2. The van der Waals surface area contributed by atoms with Crippen LogP contribution in [0.1, 0.15) is 45.5 Å². The lowest BCUT2D eigenvalue weighted by Gasteiger charge is -2.19. The van der Waals surface area contributed by atoms with Crippen LogP contribution in [0.3, 0.4) is 0 Å². The molecular weight excluding hydrogens is 516 g/mol. The number of hydrogen-bond donors (Lipinski definition) is 0. The minimum Gasteiger partial charge on any atom is -0.454 e. The van der Waals surface area contributed by atoms with Gasteiger partial charge in [0.2, 0.25) is 11.8 Å². The third-order valence-corrected chi connectivity index (χ3v) is 8.99. The number of Topliss-reactive ketones (excluding diaryl/α,β-unsaturated/α-hetero) is 1. The Morgan fingerprint density at radius 3 is 2.22 bits per heavy atom. The van der Waals surface area contributed by atoms with Crippen LogP contribution in [0, 0.1) is 30.6 Å². The minimum atomic E-state index is -0.614.